The fourth-order valence-electron chi connectivity index (χ4n) is 1.60. The van der Waals surface area contributed by atoms with Crippen LogP contribution in [0.4, 0.5) is 0 Å². The maximum atomic E-state index is 3.86. The van der Waals surface area contributed by atoms with Crippen LogP contribution in [-0.4, -0.2) is 0 Å². The van der Waals surface area contributed by atoms with Gasteiger partial charge in [0, 0.05) is 5.41 Å². The van der Waals surface area contributed by atoms with Crippen molar-refractivity contribution < 1.29 is 0 Å². The average Bonchev–Trinajstić information content (AvgIpc) is 2.25. The van der Waals surface area contributed by atoms with Gasteiger partial charge in [-0.05, 0) is 18.1 Å². The lowest BCUT2D eigenvalue weighted by molar-refractivity contribution is 0.566. The summed E-state index contributed by atoms with van der Waals surface area (Å²) in [5.74, 6) is 0. The number of hydrogen-bond acceptors (Lipinski definition) is 0. The molecule has 0 amide bonds. The fourth-order valence-corrected chi connectivity index (χ4v) is 1.60. The van der Waals surface area contributed by atoms with E-state index in [-0.39, 0.29) is 5.41 Å². The smallest absolute Gasteiger partial charge is 0.0146 e. The SMILES string of the molecule is C=C/C=C(\C=C)C(C)(C)C(/C=C\C)=C/C=C. The molecule has 0 aliphatic heterocycles. The van der Waals surface area contributed by atoms with E-state index in [9.17, 15) is 0 Å². The molecule has 0 N–H and O–H groups in total. The molecule has 0 heteroatoms. The average molecular weight is 214 g/mol. The summed E-state index contributed by atoms with van der Waals surface area (Å²) >= 11 is 0. The predicted molar refractivity (Wildman–Crippen MR) is 75.4 cm³/mol. The molecule has 0 aliphatic rings. The first kappa shape index (κ1) is 14.4. The Morgan fingerprint density at radius 2 is 1.44 bits per heavy atom. The van der Waals surface area contributed by atoms with Crippen LogP contribution in [0, 0.1) is 5.41 Å². The van der Waals surface area contributed by atoms with Crippen LogP contribution in [0.15, 0.2) is 73.4 Å². The third-order valence-corrected chi connectivity index (χ3v) is 2.60. The van der Waals surface area contributed by atoms with Gasteiger partial charge < -0.3 is 0 Å². The van der Waals surface area contributed by atoms with Crippen molar-refractivity contribution in [2.75, 3.05) is 0 Å². The molecule has 0 spiro atoms. The summed E-state index contributed by atoms with van der Waals surface area (Å²) in [5, 5.41) is 0. The molecule has 0 radical (unpaired) electrons. The maximum absolute atomic E-state index is 3.86. The van der Waals surface area contributed by atoms with Gasteiger partial charge in [-0.2, -0.15) is 0 Å². The molecule has 0 aromatic rings. The van der Waals surface area contributed by atoms with Gasteiger partial charge in [0.25, 0.3) is 0 Å². The quantitative estimate of drug-likeness (QED) is 0.546. The van der Waals surface area contributed by atoms with Crippen LogP contribution >= 0.6 is 0 Å². The third kappa shape index (κ3) is 3.54. The van der Waals surface area contributed by atoms with Crippen molar-refractivity contribution in [3.63, 3.8) is 0 Å². The molecule has 0 aromatic heterocycles. The van der Waals surface area contributed by atoms with Gasteiger partial charge in [-0.3, -0.25) is 0 Å². The standard InChI is InChI=1S/C16H22/c1-7-11-14(10-4)16(5,6)15(12-8-2)13-9-3/h7-13H,1-2,4H2,3,5-6H3/b13-9-,14-11+,15-12+. The highest BCUT2D eigenvalue weighted by Gasteiger charge is 2.23. The van der Waals surface area contributed by atoms with Gasteiger partial charge in [-0.15, -0.1) is 0 Å². The van der Waals surface area contributed by atoms with Crippen LogP contribution in [0.5, 0.6) is 0 Å². The zero-order valence-corrected chi connectivity index (χ0v) is 10.7. The normalized spacial score (nSPS) is 13.9. The lowest BCUT2D eigenvalue weighted by atomic mass is 9.76. The minimum absolute atomic E-state index is 0.0867. The minimum Gasteiger partial charge on any atom is -0.0991 e. The predicted octanol–water partition coefficient (Wildman–Crippen LogP) is 5.00. The van der Waals surface area contributed by atoms with Crippen molar-refractivity contribution in [1.82, 2.24) is 0 Å². The fraction of sp³-hybridized carbons (Fsp3) is 0.250. The van der Waals surface area contributed by atoms with Crippen LogP contribution in [0.2, 0.25) is 0 Å². The highest BCUT2D eigenvalue weighted by Crippen LogP contribution is 2.36. The van der Waals surface area contributed by atoms with Gasteiger partial charge in [-0.1, -0.05) is 76.1 Å². The Hall–Kier alpha value is -1.56. The zero-order valence-electron chi connectivity index (χ0n) is 10.7. The molecule has 0 aromatic carbocycles. The Labute approximate surface area is 100 Å². The first-order chi connectivity index (χ1) is 7.54. The maximum Gasteiger partial charge on any atom is 0.0146 e. The molecule has 0 saturated heterocycles. The molecule has 0 unspecified atom stereocenters. The molecule has 16 heavy (non-hydrogen) atoms. The molecule has 0 heterocycles. The molecular weight excluding hydrogens is 192 g/mol. The van der Waals surface area contributed by atoms with Crippen LogP contribution < -0.4 is 0 Å². The highest BCUT2D eigenvalue weighted by atomic mass is 14.3. The second-order valence-electron chi connectivity index (χ2n) is 4.04. The zero-order chi connectivity index (χ0) is 12.6. The van der Waals surface area contributed by atoms with Crippen LogP contribution in [-0.2, 0) is 0 Å². The number of hydrogen-bond donors (Lipinski definition) is 0. The molecule has 0 aliphatic carbocycles. The van der Waals surface area contributed by atoms with Gasteiger partial charge >= 0.3 is 0 Å². The molecule has 0 saturated carbocycles. The Morgan fingerprint density at radius 3 is 1.81 bits per heavy atom. The molecule has 86 valence electrons. The van der Waals surface area contributed by atoms with Gasteiger partial charge in [0.15, 0.2) is 0 Å². The highest BCUT2D eigenvalue weighted by molar-refractivity contribution is 5.41. The first-order valence-corrected chi connectivity index (χ1v) is 5.46. The second kappa shape index (κ2) is 6.84. The molecule has 0 fully saturated rings. The summed E-state index contributed by atoms with van der Waals surface area (Å²) in [6, 6.07) is 0. The van der Waals surface area contributed by atoms with E-state index in [1.54, 1.807) is 6.08 Å². The number of rotatable bonds is 6. The van der Waals surface area contributed by atoms with E-state index >= 15 is 0 Å². The van der Waals surface area contributed by atoms with Gasteiger partial charge in [0.1, 0.15) is 0 Å². The van der Waals surface area contributed by atoms with Crippen molar-refractivity contribution in [3.05, 3.63) is 73.4 Å². The molecule has 0 bridgehead atoms. The molecule has 0 nitrogen and oxygen atoms in total. The molecule has 0 rings (SSSR count). The lowest BCUT2D eigenvalue weighted by Crippen LogP contribution is -2.15. The summed E-state index contributed by atoms with van der Waals surface area (Å²) in [4.78, 5) is 0. The Bertz CT molecular complexity index is 346. The Balaban J connectivity index is 5.51. The summed E-state index contributed by atoms with van der Waals surface area (Å²) in [6.07, 6.45) is 13.6. The van der Waals surface area contributed by atoms with E-state index in [0.29, 0.717) is 0 Å². The van der Waals surface area contributed by atoms with E-state index in [4.69, 9.17) is 0 Å². The van der Waals surface area contributed by atoms with Crippen LogP contribution in [0.1, 0.15) is 20.8 Å². The largest absolute Gasteiger partial charge is 0.0991 e. The van der Waals surface area contributed by atoms with Gasteiger partial charge in [0.2, 0.25) is 0 Å². The van der Waals surface area contributed by atoms with Crippen LogP contribution in [0.3, 0.4) is 0 Å². The van der Waals surface area contributed by atoms with Gasteiger partial charge in [-0.25, -0.2) is 0 Å². The van der Waals surface area contributed by atoms with Crippen LogP contribution in [0.25, 0.3) is 0 Å². The van der Waals surface area contributed by atoms with E-state index in [0.717, 1.165) is 5.57 Å². The monoisotopic (exact) mass is 214 g/mol. The number of allylic oxidation sites excluding steroid dienone is 9. The molecular formula is C16H22. The Morgan fingerprint density at radius 1 is 0.938 bits per heavy atom. The van der Waals surface area contributed by atoms with E-state index in [2.05, 4.69) is 39.7 Å². The van der Waals surface area contributed by atoms with Crippen molar-refractivity contribution in [3.8, 4) is 0 Å². The topological polar surface area (TPSA) is 0 Å². The third-order valence-electron chi connectivity index (χ3n) is 2.60. The van der Waals surface area contributed by atoms with Crippen molar-refractivity contribution in [2.24, 2.45) is 5.41 Å². The Kier molecular flexibility index (Phi) is 6.17. The summed E-state index contributed by atoms with van der Waals surface area (Å²) in [6.45, 7) is 17.7. The minimum atomic E-state index is -0.0867. The van der Waals surface area contributed by atoms with Crippen molar-refractivity contribution in [2.45, 2.75) is 20.8 Å². The van der Waals surface area contributed by atoms with Crippen molar-refractivity contribution >= 4 is 0 Å². The van der Waals surface area contributed by atoms with E-state index in [1.165, 1.54) is 5.57 Å². The second-order valence-corrected chi connectivity index (χ2v) is 4.04. The van der Waals surface area contributed by atoms with Crippen molar-refractivity contribution in [1.29, 1.82) is 0 Å². The van der Waals surface area contributed by atoms with E-state index < -0.39 is 0 Å². The summed E-state index contributed by atoms with van der Waals surface area (Å²) < 4.78 is 0. The molecule has 0 atom stereocenters. The summed E-state index contributed by atoms with van der Waals surface area (Å²) in [7, 11) is 0. The first-order valence-electron chi connectivity index (χ1n) is 5.46. The summed E-state index contributed by atoms with van der Waals surface area (Å²) in [5.41, 5.74) is 2.27. The van der Waals surface area contributed by atoms with E-state index in [1.807, 2.05) is 37.3 Å². The van der Waals surface area contributed by atoms with Gasteiger partial charge in [0.05, 0.1) is 0 Å². The lowest BCUT2D eigenvalue weighted by Gasteiger charge is -2.28.